The average molecular weight is 141 g/mol. The summed E-state index contributed by atoms with van der Waals surface area (Å²) in [6.07, 6.45) is 0. The third-order valence-electron chi connectivity index (χ3n) is 1.43. The first-order valence-corrected chi connectivity index (χ1v) is 2.89. The summed E-state index contributed by atoms with van der Waals surface area (Å²) in [5, 5.41) is 0. The molecule has 52 valence electrons. The van der Waals surface area contributed by atoms with Crippen LogP contribution < -0.4 is 0 Å². The van der Waals surface area contributed by atoms with Gasteiger partial charge in [-0.05, 0) is 0 Å². The zero-order valence-corrected chi connectivity index (χ0v) is 5.07. The minimum absolute atomic E-state index is 0.163. The Morgan fingerprint density at radius 3 is 2.10 bits per heavy atom. The smallest absolute Gasteiger partial charge is 0.484 e. The van der Waals surface area contributed by atoms with Crippen molar-refractivity contribution < 1.29 is 18.9 Å². The Balaban J connectivity index is 2.12. The van der Waals surface area contributed by atoms with E-state index in [0.717, 1.165) is 0 Å². The van der Waals surface area contributed by atoms with Crippen molar-refractivity contribution in [2.45, 2.75) is 0 Å². The van der Waals surface area contributed by atoms with Crippen molar-refractivity contribution >= 4 is 19.2 Å². The van der Waals surface area contributed by atoms with Crippen LogP contribution in [0.4, 0.5) is 0 Å². The first-order chi connectivity index (χ1) is 4.75. The van der Waals surface area contributed by atoms with Crippen LogP contribution in [0.5, 0.6) is 0 Å². The first kappa shape index (κ1) is 5.73. The molecule has 0 N–H and O–H groups in total. The van der Waals surface area contributed by atoms with E-state index in [9.17, 15) is 9.59 Å². The molecule has 2 heterocycles. The van der Waals surface area contributed by atoms with Gasteiger partial charge in [0.05, 0.1) is 13.1 Å². The normalized spacial score (nSPS) is 24.6. The molecule has 10 heavy (non-hydrogen) atoms. The van der Waals surface area contributed by atoms with E-state index in [1.807, 2.05) is 0 Å². The van der Waals surface area contributed by atoms with Gasteiger partial charge in [-0.1, -0.05) is 0 Å². The SMILES string of the molecule is O=C1CN2CC(=O)OB2O1. The summed E-state index contributed by atoms with van der Waals surface area (Å²) in [5.41, 5.74) is 0. The predicted octanol–water partition coefficient (Wildman–Crippen LogP) is -1.61. The van der Waals surface area contributed by atoms with Gasteiger partial charge in [0.1, 0.15) is 0 Å². The van der Waals surface area contributed by atoms with Gasteiger partial charge in [-0.15, -0.1) is 0 Å². The van der Waals surface area contributed by atoms with Crippen molar-refractivity contribution in [1.29, 1.82) is 0 Å². The van der Waals surface area contributed by atoms with Gasteiger partial charge in [-0.2, -0.15) is 0 Å². The van der Waals surface area contributed by atoms with Crippen LogP contribution in [0.2, 0.25) is 0 Å². The molecule has 2 aliphatic heterocycles. The molecule has 0 aromatic rings. The third-order valence-corrected chi connectivity index (χ3v) is 1.43. The van der Waals surface area contributed by atoms with Crippen molar-refractivity contribution in [1.82, 2.24) is 4.81 Å². The Labute approximate surface area is 57.0 Å². The van der Waals surface area contributed by atoms with E-state index in [0.29, 0.717) is 0 Å². The van der Waals surface area contributed by atoms with Crippen LogP contribution in [0.3, 0.4) is 0 Å². The van der Waals surface area contributed by atoms with E-state index in [-0.39, 0.29) is 25.0 Å². The summed E-state index contributed by atoms with van der Waals surface area (Å²) in [4.78, 5) is 22.5. The van der Waals surface area contributed by atoms with Crippen molar-refractivity contribution in [3.05, 3.63) is 0 Å². The van der Waals surface area contributed by atoms with Crippen molar-refractivity contribution in [3.63, 3.8) is 0 Å². The Bertz CT molecular complexity index is 167. The minimum atomic E-state index is -0.736. The molecule has 2 rings (SSSR count). The Hall–Kier alpha value is -1.04. The predicted molar refractivity (Wildman–Crippen MR) is 29.5 cm³/mol. The molecule has 5 nitrogen and oxygen atoms in total. The maximum Gasteiger partial charge on any atom is 0.706 e. The highest BCUT2D eigenvalue weighted by molar-refractivity contribution is 6.50. The molecule has 0 atom stereocenters. The van der Waals surface area contributed by atoms with Gasteiger partial charge < -0.3 is 9.31 Å². The second-order valence-electron chi connectivity index (χ2n) is 2.19. The highest BCUT2D eigenvalue weighted by Crippen LogP contribution is 2.14. The molecular formula is C4H4BNO4. The zero-order valence-electron chi connectivity index (χ0n) is 5.07. The van der Waals surface area contributed by atoms with Gasteiger partial charge in [0.15, 0.2) is 0 Å². The molecule has 2 aliphatic rings. The molecule has 0 saturated carbocycles. The summed E-state index contributed by atoms with van der Waals surface area (Å²) in [6.45, 7) is 0.326. The number of hydrogen-bond acceptors (Lipinski definition) is 5. The van der Waals surface area contributed by atoms with Gasteiger partial charge >= 0.3 is 19.2 Å². The van der Waals surface area contributed by atoms with Crippen LogP contribution in [0.1, 0.15) is 0 Å². The molecule has 0 aromatic heterocycles. The van der Waals surface area contributed by atoms with Crippen LogP contribution in [0, 0.1) is 0 Å². The summed E-state index contributed by atoms with van der Waals surface area (Å²) < 4.78 is 9.20. The first-order valence-electron chi connectivity index (χ1n) is 2.89. The fourth-order valence-corrected chi connectivity index (χ4v) is 1.01. The fraction of sp³-hybridized carbons (Fsp3) is 0.500. The van der Waals surface area contributed by atoms with E-state index in [1.165, 1.54) is 4.81 Å². The summed E-state index contributed by atoms with van der Waals surface area (Å²) in [6, 6.07) is 0. The number of hydrogen-bond donors (Lipinski definition) is 0. The molecule has 2 fully saturated rings. The van der Waals surface area contributed by atoms with E-state index >= 15 is 0 Å². The average Bonchev–Trinajstić information content (AvgIpc) is 2.21. The zero-order chi connectivity index (χ0) is 7.14. The number of carbonyl (C=O) groups excluding carboxylic acids is 2. The number of nitrogens with zero attached hydrogens (tertiary/aromatic N) is 1. The van der Waals surface area contributed by atoms with Crippen LogP contribution in [0.15, 0.2) is 0 Å². The second-order valence-corrected chi connectivity index (χ2v) is 2.19. The summed E-state index contributed by atoms with van der Waals surface area (Å²) in [5.74, 6) is -0.671. The van der Waals surface area contributed by atoms with E-state index in [1.54, 1.807) is 0 Å². The molecule has 0 amide bonds. The molecule has 0 aliphatic carbocycles. The van der Waals surface area contributed by atoms with Crippen molar-refractivity contribution in [2.75, 3.05) is 13.1 Å². The lowest BCUT2D eigenvalue weighted by Crippen LogP contribution is -2.28. The van der Waals surface area contributed by atoms with Gasteiger partial charge in [0, 0.05) is 0 Å². The van der Waals surface area contributed by atoms with Crippen LogP contribution in [-0.2, 0) is 18.9 Å². The maximum absolute atomic E-state index is 10.5. The lowest BCUT2D eigenvalue weighted by atomic mass is 10.1. The largest absolute Gasteiger partial charge is 0.706 e. The fourth-order valence-electron chi connectivity index (χ4n) is 1.01. The van der Waals surface area contributed by atoms with E-state index in [2.05, 4.69) is 9.31 Å². The maximum atomic E-state index is 10.5. The minimum Gasteiger partial charge on any atom is -0.484 e. The molecule has 0 bridgehead atoms. The Morgan fingerprint density at radius 1 is 1.20 bits per heavy atom. The monoisotopic (exact) mass is 141 g/mol. The molecule has 0 aromatic carbocycles. The number of rotatable bonds is 0. The molecule has 6 heteroatoms. The van der Waals surface area contributed by atoms with Gasteiger partial charge in [0.2, 0.25) is 0 Å². The number of fused-ring (bicyclic) bond motifs is 1. The van der Waals surface area contributed by atoms with Crippen LogP contribution >= 0.6 is 0 Å². The third kappa shape index (κ3) is 0.689. The lowest BCUT2D eigenvalue weighted by molar-refractivity contribution is -0.137. The highest BCUT2D eigenvalue weighted by Gasteiger charge is 2.49. The van der Waals surface area contributed by atoms with Crippen LogP contribution in [0.25, 0.3) is 0 Å². The van der Waals surface area contributed by atoms with Gasteiger partial charge in [-0.3, -0.25) is 9.59 Å². The van der Waals surface area contributed by atoms with E-state index < -0.39 is 7.25 Å². The molecule has 0 unspecified atom stereocenters. The number of carbonyl (C=O) groups is 2. The molecular weight excluding hydrogens is 137 g/mol. The molecule has 0 spiro atoms. The van der Waals surface area contributed by atoms with Gasteiger partial charge in [0.25, 0.3) is 0 Å². The summed E-state index contributed by atoms with van der Waals surface area (Å²) in [7, 11) is -0.736. The standard InChI is InChI=1S/C4H4BNO4/c7-3-1-6-2-4(8)10-5(6)9-3/h1-2H2. The summed E-state index contributed by atoms with van der Waals surface area (Å²) >= 11 is 0. The lowest BCUT2D eigenvalue weighted by Gasteiger charge is -1.97. The van der Waals surface area contributed by atoms with E-state index in [4.69, 9.17) is 0 Å². The second kappa shape index (κ2) is 1.73. The van der Waals surface area contributed by atoms with Crippen molar-refractivity contribution in [3.8, 4) is 0 Å². The van der Waals surface area contributed by atoms with Crippen molar-refractivity contribution in [2.24, 2.45) is 0 Å². The molecule has 2 saturated heterocycles. The molecule has 0 radical (unpaired) electrons. The Kier molecular flexibility index (Phi) is 0.988. The quantitative estimate of drug-likeness (QED) is 0.379. The highest BCUT2D eigenvalue weighted by atomic mass is 16.7. The topological polar surface area (TPSA) is 55.8 Å². The Morgan fingerprint density at radius 2 is 1.70 bits per heavy atom. The van der Waals surface area contributed by atoms with Crippen LogP contribution in [-0.4, -0.2) is 37.1 Å². The van der Waals surface area contributed by atoms with Gasteiger partial charge in [-0.25, -0.2) is 4.81 Å².